The molecular weight excluding hydrogens is 344 g/mol. The lowest BCUT2D eigenvalue weighted by atomic mass is 9.78. The summed E-state index contributed by atoms with van der Waals surface area (Å²) in [5, 5.41) is 0. The molecule has 0 saturated heterocycles. The third-order valence-electron chi connectivity index (χ3n) is 5.88. The lowest BCUT2D eigenvalue weighted by Gasteiger charge is -2.38. The van der Waals surface area contributed by atoms with Crippen LogP contribution >= 0.6 is 0 Å². The molecule has 1 rings (SSSR count). The van der Waals surface area contributed by atoms with Gasteiger partial charge in [-0.2, -0.15) is 0 Å². The first kappa shape index (κ1) is 24.1. The van der Waals surface area contributed by atoms with Crippen molar-refractivity contribution in [1.29, 1.82) is 0 Å². The Bertz CT molecular complexity index is 442. The molecule has 0 amide bonds. The number of carbonyl (C=O) groups excluding carboxylic acids is 2. The molecule has 0 N–H and O–H groups in total. The van der Waals surface area contributed by atoms with Crippen LogP contribution in [0, 0.1) is 17.8 Å². The quantitative estimate of drug-likeness (QED) is 0.184. The first-order valence-corrected chi connectivity index (χ1v) is 10.8. The zero-order valence-corrected chi connectivity index (χ0v) is 18.1. The highest BCUT2D eigenvalue weighted by molar-refractivity contribution is 5.98. The van der Waals surface area contributed by atoms with Crippen LogP contribution in [0.25, 0.3) is 0 Å². The Labute approximate surface area is 165 Å². The highest BCUT2D eigenvalue weighted by atomic mass is 16.7. The van der Waals surface area contributed by atoms with E-state index in [0.717, 1.165) is 25.7 Å². The largest absolute Gasteiger partial charge is 0.468 e. The van der Waals surface area contributed by atoms with Crippen LogP contribution in [-0.2, 0) is 23.8 Å². The summed E-state index contributed by atoms with van der Waals surface area (Å²) >= 11 is 0. The van der Waals surface area contributed by atoms with Crippen LogP contribution in [0.2, 0.25) is 0 Å². The molecule has 1 saturated carbocycles. The van der Waals surface area contributed by atoms with E-state index in [4.69, 9.17) is 14.2 Å². The van der Waals surface area contributed by atoms with E-state index in [2.05, 4.69) is 6.92 Å². The van der Waals surface area contributed by atoms with Gasteiger partial charge in [-0.25, -0.2) is 0 Å². The Hall–Kier alpha value is -0.940. The first-order valence-electron chi connectivity index (χ1n) is 10.8. The van der Waals surface area contributed by atoms with Crippen LogP contribution in [0.1, 0.15) is 85.5 Å². The maximum Gasteiger partial charge on any atom is 0.316 e. The minimum atomic E-state index is -0.720. The van der Waals surface area contributed by atoms with Gasteiger partial charge in [-0.3, -0.25) is 9.59 Å². The number of unbranched alkanes of at least 4 members (excludes halogenated alkanes) is 5. The molecule has 3 unspecified atom stereocenters. The average molecular weight is 385 g/mol. The Morgan fingerprint density at radius 2 is 1.59 bits per heavy atom. The monoisotopic (exact) mass is 384 g/mol. The Morgan fingerprint density at radius 1 is 1.00 bits per heavy atom. The van der Waals surface area contributed by atoms with E-state index in [1.165, 1.54) is 46.1 Å². The predicted molar refractivity (Wildman–Crippen MR) is 106 cm³/mol. The molecular formula is C22H40O5. The number of Topliss-reactive ketones (excluding diaryl/α,β-unsaturated/α-hetero) is 1. The maximum absolute atomic E-state index is 12.3. The highest BCUT2D eigenvalue weighted by Gasteiger charge is 2.54. The summed E-state index contributed by atoms with van der Waals surface area (Å²) in [7, 11) is 1.36. The van der Waals surface area contributed by atoms with Gasteiger partial charge >= 0.3 is 5.97 Å². The second kappa shape index (κ2) is 12.5. The van der Waals surface area contributed by atoms with E-state index in [9.17, 15) is 9.59 Å². The van der Waals surface area contributed by atoms with Gasteiger partial charge < -0.3 is 14.2 Å². The number of methoxy groups -OCH3 is 1. The van der Waals surface area contributed by atoms with Crippen molar-refractivity contribution in [3.05, 3.63) is 0 Å². The van der Waals surface area contributed by atoms with Crippen molar-refractivity contribution in [1.82, 2.24) is 0 Å². The zero-order valence-electron chi connectivity index (χ0n) is 18.1. The molecule has 0 aromatic rings. The van der Waals surface area contributed by atoms with E-state index in [-0.39, 0.29) is 17.6 Å². The maximum atomic E-state index is 12.3. The van der Waals surface area contributed by atoms with E-state index < -0.39 is 17.7 Å². The summed E-state index contributed by atoms with van der Waals surface area (Å²) in [5.74, 6) is -1.99. The molecule has 1 aliphatic rings. The molecule has 27 heavy (non-hydrogen) atoms. The average Bonchev–Trinajstić information content (AvgIpc) is 2.96. The molecule has 1 aliphatic carbocycles. The SMILES string of the molecule is CCCCCCCCC1C(C(C(C)=O)C(=O)OC)CCC1(OCC)OCC. The second-order valence-electron chi connectivity index (χ2n) is 7.65. The second-order valence-corrected chi connectivity index (χ2v) is 7.65. The Morgan fingerprint density at radius 3 is 2.11 bits per heavy atom. The van der Waals surface area contributed by atoms with Crippen molar-refractivity contribution < 1.29 is 23.8 Å². The molecule has 0 aromatic carbocycles. The normalized spacial score (nSPS) is 22.6. The third-order valence-corrected chi connectivity index (χ3v) is 5.88. The number of hydrogen-bond acceptors (Lipinski definition) is 5. The molecule has 3 atom stereocenters. The minimum Gasteiger partial charge on any atom is -0.468 e. The highest BCUT2D eigenvalue weighted by Crippen LogP contribution is 2.49. The Balaban J connectivity index is 2.95. The summed E-state index contributed by atoms with van der Waals surface area (Å²) in [6, 6.07) is 0. The molecule has 5 nitrogen and oxygen atoms in total. The number of esters is 1. The van der Waals surface area contributed by atoms with Crippen molar-refractivity contribution in [2.24, 2.45) is 17.8 Å². The van der Waals surface area contributed by atoms with E-state index in [1.54, 1.807) is 0 Å². The van der Waals surface area contributed by atoms with Crippen molar-refractivity contribution >= 4 is 11.8 Å². The van der Waals surface area contributed by atoms with E-state index >= 15 is 0 Å². The number of carbonyl (C=O) groups is 2. The van der Waals surface area contributed by atoms with Gasteiger partial charge in [0.05, 0.1) is 7.11 Å². The fourth-order valence-corrected chi connectivity index (χ4v) is 4.72. The van der Waals surface area contributed by atoms with Crippen LogP contribution in [0.5, 0.6) is 0 Å². The number of ketones is 1. The van der Waals surface area contributed by atoms with Crippen molar-refractivity contribution in [3.8, 4) is 0 Å². The molecule has 0 aromatic heterocycles. The summed E-state index contributed by atoms with van der Waals surface area (Å²) in [6.07, 6.45) is 9.64. The van der Waals surface area contributed by atoms with E-state index in [0.29, 0.717) is 13.2 Å². The number of ether oxygens (including phenoxy) is 3. The van der Waals surface area contributed by atoms with Crippen molar-refractivity contribution in [2.45, 2.75) is 91.3 Å². The molecule has 0 heterocycles. The predicted octanol–water partition coefficient (Wildman–Crippen LogP) is 4.91. The number of rotatable bonds is 14. The molecule has 158 valence electrons. The topological polar surface area (TPSA) is 61.8 Å². The molecule has 0 aliphatic heterocycles. The van der Waals surface area contributed by atoms with Crippen LogP contribution in [0.3, 0.4) is 0 Å². The summed E-state index contributed by atoms with van der Waals surface area (Å²) in [4.78, 5) is 24.6. The Kier molecular flexibility index (Phi) is 11.2. The van der Waals surface area contributed by atoms with Crippen LogP contribution in [-0.4, -0.2) is 37.9 Å². The van der Waals surface area contributed by atoms with Gasteiger partial charge in [-0.05, 0) is 39.5 Å². The summed E-state index contributed by atoms with van der Waals surface area (Å²) < 4.78 is 17.2. The van der Waals surface area contributed by atoms with Gasteiger partial charge in [0, 0.05) is 25.6 Å². The van der Waals surface area contributed by atoms with Crippen molar-refractivity contribution in [3.63, 3.8) is 0 Å². The fraction of sp³-hybridized carbons (Fsp3) is 0.909. The smallest absolute Gasteiger partial charge is 0.316 e. The van der Waals surface area contributed by atoms with Crippen LogP contribution in [0.15, 0.2) is 0 Å². The van der Waals surface area contributed by atoms with Crippen molar-refractivity contribution in [2.75, 3.05) is 20.3 Å². The zero-order chi connectivity index (χ0) is 20.3. The van der Waals surface area contributed by atoms with Gasteiger partial charge in [-0.15, -0.1) is 0 Å². The summed E-state index contributed by atoms with van der Waals surface area (Å²) in [5.41, 5.74) is 0. The first-order chi connectivity index (χ1) is 13.0. The van der Waals surface area contributed by atoms with Gasteiger partial charge in [0.15, 0.2) is 5.79 Å². The third kappa shape index (κ3) is 6.56. The lowest BCUT2D eigenvalue weighted by molar-refractivity contribution is -0.258. The lowest BCUT2D eigenvalue weighted by Crippen LogP contribution is -2.44. The fourth-order valence-electron chi connectivity index (χ4n) is 4.72. The van der Waals surface area contributed by atoms with Crippen LogP contribution in [0.4, 0.5) is 0 Å². The molecule has 1 fully saturated rings. The van der Waals surface area contributed by atoms with Crippen LogP contribution < -0.4 is 0 Å². The van der Waals surface area contributed by atoms with Gasteiger partial charge in [0.1, 0.15) is 11.7 Å². The minimum absolute atomic E-state index is 0.0385. The number of hydrogen-bond donors (Lipinski definition) is 0. The standard InChI is InChI=1S/C22H40O5/c1-6-9-10-11-12-13-14-19-18(20(17(4)23)21(24)25-5)15-16-22(19,26-7-2)27-8-3/h18-20H,6-16H2,1-5H3. The molecule has 0 radical (unpaired) electrons. The van der Waals surface area contributed by atoms with Gasteiger partial charge in [-0.1, -0.05) is 45.4 Å². The summed E-state index contributed by atoms with van der Waals surface area (Å²) in [6.45, 7) is 8.77. The van der Waals surface area contributed by atoms with Gasteiger partial charge in [0.25, 0.3) is 0 Å². The van der Waals surface area contributed by atoms with E-state index in [1.807, 2.05) is 13.8 Å². The molecule has 0 bridgehead atoms. The molecule has 0 spiro atoms. The van der Waals surface area contributed by atoms with Gasteiger partial charge in [0.2, 0.25) is 0 Å². The molecule has 5 heteroatoms.